The summed E-state index contributed by atoms with van der Waals surface area (Å²) in [6, 6.07) is 0. The predicted octanol–water partition coefficient (Wildman–Crippen LogP) is 1.51. The number of carbonyl (C=O) groups excluding carboxylic acids is 1. The van der Waals surface area contributed by atoms with Crippen LogP contribution in [0.4, 0.5) is 0 Å². The van der Waals surface area contributed by atoms with Crippen molar-refractivity contribution in [2.75, 3.05) is 33.9 Å². The van der Waals surface area contributed by atoms with Crippen molar-refractivity contribution in [2.45, 2.75) is 19.8 Å². The SMILES string of the molecule is Br.CCOCC(=O)CCCN(C)C. The fourth-order valence-corrected chi connectivity index (χ4v) is 0.881. The molecule has 0 aromatic carbocycles. The molecule has 0 heterocycles. The van der Waals surface area contributed by atoms with Crippen molar-refractivity contribution < 1.29 is 9.53 Å². The van der Waals surface area contributed by atoms with E-state index in [1.807, 2.05) is 21.0 Å². The van der Waals surface area contributed by atoms with Gasteiger partial charge < -0.3 is 9.64 Å². The highest BCUT2D eigenvalue weighted by Gasteiger charge is 2.00. The second-order valence-corrected chi connectivity index (χ2v) is 3.08. The Kier molecular flexibility index (Phi) is 12.1. The van der Waals surface area contributed by atoms with Crippen LogP contribution in [0.1, 0.15) is 19.8 Å². The van der Waals surface area contributed by atoms with Crippen LogP contribution in [0.15, 0.2) is 0 Å². The van der Waals surface area contributed by atoms with E-state index in [4.69, 9.17) is 4.74 Å². The summed E-state index contributed by atoms with van der Waals surface area (Å²) in [4.78, 5) is 13.1. The van der Waals surface area contributed by atoms with Crippen LogP contribution >= 0.6 is 17.0 Å². The molecule has 0 aromatic rings. The summed E-state index contributed by atoms with van der Waals surface area (Å²) in [7, 11) is 4.01. The Morgan fingerprint density at radius 3 is 2.46 bits per heavy atom. The molecule has 0 aliphatic carbocycles. The minimum atomic E-state index is 0. The van der Waals surface area contributed by atoms with Gasteiger partial charge in [0.2, 0.25) is 0 Å². The van der Waals surface area contributed by atoms with E-state index >= 15 is 0 Å². The first-order valence-corrected chi connectivity index (χ1v) is 4.41. The maximum Gasteiger partial charge on any atom is 0.158 e. The molecule has 4 heteroatoms. The number of rotatable bonds is 7. The van der Waals surface area contributed by atoms with Crippen LogP contribution in [0.25, 0.3) is 0 Å². The first kappa shape index (κ1) is 15.5. The van der Waals surface area contributed by atoms with Crippen molar-refractivity contribution >= 4 is 22.8 Å². The number of hydrogen-bond acceptors (Lipinski definition) is 3. The summed E-state index contributed by atoms with van der Waals surface area (Å²) >= 11 is 0. The number of halogens is 1. The second-order valence-electron chi connectivity index (χ2n) is 3.08. The number of nitrogens with zero attached hydrogens (tertiary/aromatic N) is 1. The molecule has 13 heavy (non-hydrogen) atoms. The fraction of sp³-hybridized carbons (Fsp3) is 0.889. The molecule has 0 unspecified atom stereocenters. The normalized spacial score (nSPS) is 9.85. The van der Waals surface area contributed by atoms with Crippen LogP contribution in [0.3, 0.4) is 0 Å². The summed E-state index contributed by atoms with van der Waals surface area (Å²) in [5.41, 5.74) is 0. The molecule has 3 nitrogen and oxygen atoms in total. The van der Waals surface area contributed by atoms with Gasteiger partial charge in [0.25, 0.3) is 0 Å². The smallest absolute Gasteiger partial charge is 0.158 e. The summed E-state index contributed by atoms with van der Waals surface area (Å²) in [6.07, 6.45) is 1.57. The van der Waals surface area contributed by atoms with Crippen LogP contribution in [-0.2, 0) is 9.53 Å². The molecule has 0 fully saturated rings. The van der Waals surface area contributed by atoms with Crippen molar-refractivity contribution in [2.24, 2.45) is 0 Å². The minimum Gasteiger partial charge on any atom is -0.374 e. The van der Waals surface area contributed by atoms with E-state index in [-0.39, 0.29) is 29.4 Å². The third-order valence-electron chi connectivity index (χ3n) is 1.53. The molecule has 0 radical (unpaired) electrons. The van der Waals surface area contributed by atoms with Gasteiger partial charge in [-0.25, -0.2) is 0 Å². The Balaban J connectivity index is 0. The van der Waals surface area contributed by atoms with E-state index in [0.29, 0.717) is 13.0 Å². The average Bonchev–Trinajstić information content (AvgIpc) is 2.00. The molecule has 0 spiro atoms. The van der Waals surface area contributed by atoms with E-state index in [9.17, 15) is 4.79 Å². The standard InChI is InChI=1S/C9H19NO2.BrH/c1-4-12-8-9(11)6-5-7-10(2)3;/h4-8H2,1-3H3;1H. The first-order chi connectivity index (χ1) is 5.66. The Labute approximate surface area is 91.2 Å². The van der Waals surface area contributed by atoms with E-state index in [2.05, 4.69) is 4.90 Å². The number of Topliss-reactive ketones (excluding diaryl/α,β-unsaturated/α-hetero) is 1. The average molecular weight is 254 g/mol. The quantitative estimate of drug-likeness (QED) is 0.689. The van der Waals surface area contributed by atoms with Gasteiger partial charge in [-0.3, -0.25) is 4.79 Å². The van der Waals surface area contributed by atoms with Gasteiger partial charge in [-0.15, -0.1) is 17.0 Å². The van der Waals surface area contributed by atoms with Crippen molar-refractivity contribution in [3.63, 3.8) is 0 Å². The van der Waals surface area contributed by atoms with E-state index in [0.717, 1.165) is 13.0 Å². The lowest BCUT2D eigenvalue weighted by molar-refractivity contribution is -0.123. The molecule has 0 atom stereocenters. The second kappa shape index (κ2) is 10.2. The van der Waals surface area contributed by atoms with Crippen LogP contribution in [-0.4, -0.2) is 44.5 Å². The molecular formula is C9H20BrNO2. The van der Waals surface area contributed by atoms with Gasteiger partial charge in [-0.1, -0.05) is 0 Å². The Morgan fingerprint density at radius 1 is 1.38 bits per heavy atom. The molecule has 0 aliphatic rings. The summed E-state index contributed by atoms with van der Waals surface area (Å²) in [5, 5.41) is 0. The van der Waals surface area contributed by atoms with Crippen LogP contribution in [0.2, 0.25) is 0 Å². The Hall–Kier alpha value is 0.0700. The molecule has 0 bridgehead atoms. The monoisotopic (exact) mass is 253 g/mol. The lowest BCUT2D eigenvalue weighted by atomic mass is 10.2. The third-order valence-corrected chi connectivity index (χ3v) is 1.53. The van der Waals surface area contributed by atoms with Gasteiger partial charge in [0.15, 0.2) is 5.78 Å². The fourth-order valence-electron chi connectivity index (χ4n) is 0.881. The van der Waals surface area contributed by atoms with Crippen molar-refractivity contribution in [1.29, 1.82) is 0 Å². The molecular weight excluding hydrogens is 234 g/mol. The summed E-state index contributed by atoms with van der Waals surface area (Å²) in [5.74, 6) is 0.207. The zero-order valence-electron chi connectivity index (χ0n) is 8.71. The van der Waals surface area contributed by atoms with Crippen molar-refractivity contribution in [3.05, 3.63) is 0 Å². The molecule has 0 aliphatic heterocycles. The molecule has 80 valence electrons. The van der Waals surface area contributed by atoms with Crippen LogP contribution in [0, 0.1) is 0 Å². The molecule has 0 amide bonds. The number of ether oxygens (including phenoxy) is 1. The number of ketones is 1. The van der Waals surface area contributed by atoms with E-state index in [1.165, 1.54) is 0 Å². The minimum absolute atomic E-state index is 0. The van der Waals surface area contributed by atoms with Gasteiger partial charge in [0, 0.05) is 13.0 Å². The van der Waals surface area contributed by atoms with Crippen LogP contribution in [0.5, 0.6) is 0 Å². The zero-order valence-corrected chi connectivity index (χ0v) is 10.4. The zero-order chi connectivity index (χ0) is 9.40. The molecule has 0 N–H and O–H groups in total. The van der Waals surface area contributed by atoms with E-state index < -0.39 is 0 Å². The first-order valence-electron chi connectivity index (χ1n) is 4.41. The molecule has 0 saturated heterocycles. The number of carbonyl (C=O) groups is 1. The topological polar surface area (TPSA) is 29.5 Å². The largest absolute Gasteiger partial charge is 0.374 e. The number of hydrogen-bond donors (Lipinski definition) is 0. The van der Waals surface area contributed by atoms with Crippen molar-refractivity contribution in [1.82, 2.24) is 4.90 Å². The maximum atomic E-state index is 11.0. The van der Waals surface area contributed by atoms with Crippen LogP contribution < -0.4 is 0 Å². The Bertz CT molecular complexity index is 129. The highest BCUT2D eigenvalue weighted by Crippen LogP contribution is 1.93. The highest BCUT2D eigenvalue weighted by atomic mass is 79.9. The lowest BCUT2D eigenvalue weighted by Crippen LogP contribution is -2.15. The van der Waals surface area contributed by atoms with Gasteiger partial charge in [-0.05, 0) is 34.0 Å². The lowest BCUT2D eigenvalue weighted by Gasteiger charge is -2.07. The molecule has 0 rings (SSSR count). The summed E-state index contributed by atoms with van der Waals surface area (Å²) < 4.78 is 4.99. The Morgan fingerprint density at radius 2 is 2.00 bits per heavy atom. The molecule has 0 aromatic heterocycles. The van der Waals surface area contributed by atoms with Gasteiger partial charge in [0.05, 0.1) is 0 Å². The van der Waals surface area contributed by atoms with Crippen molar-refractivity contribution in [3.8, 4) is 0 Å². The molecule has 0 saturated carbocycles. The van der Waals surface area contributed by atoms with Gasteiger partial charge in [-0.2, -0.15) is 0 Å². The van der Waals surface area contributed by atoms with Gasteiger partial charge in [0.1, 0.15) is 6.61 Å². The summed E-state index contributed by atoms with van der Waals surface area (Å²) in [6.45, 7) is 3.77. The predicted molar refractivity (Wildman–Crippen MR) is 59.6 cm³/mol. The highest BCUT2D eigenvalue weighted by molar-refractivity contribution is 8.93. The van der Waals surface area contributed by atoms with E-state index in [1.54, 1.807) is 0 Å². The third kappa shape index (κ3) is 12.1. The maximum absolute atomic E-state index is 11.0. The van der Waals surface area contributed by atoms with Gasteiger partial charge >= 0.3 is 0 Å².